The standard InChI is InChI=1S/C26H35NO6Si/c1-25(2,3)34(18-12-8-6-9-13-18,19-14-10-7-11-15-19)31-17-21-23-22(32-26(4,5)33-23)20(16-30-21)27-24(28)29/h6-15,20-23,27H,16-17H2,1-5H3,(H,28,29)/t20-,21+,22+,23-/m0/s1. The summed E-state index contributed by atoms with van der Waals surface area (Å²) in [5, 5.41) is 14.0. The van der Waals surface area contributed by atoms with Gasteiger partial charge in [0.05, 0.1) is 19.3 Å². The van der Waals surface area contributed by atoms with Gasteiger partial charge in [-0.15, -0.1) is 0 Å². The zero-order valence-corrected chi connectivity index (χ0v) is 21.5. The van der Waals surface area contributed by atoms with E-state index in [0.717, 1.165) is 0 Å². The van der Waals surface area contributed by atoms with Crippen LogP contribution in [0.2, 0.25) is 5.04 Å². The van der Waals surface area contributed by atoms with Crippen LogP contribution in [0.5, 0.6) is 0 Å². The van der Waals surface area contributed by atoms with Gasteiger partial charge in [0.15, 0.2) is 5.79 Å². The third-order valence-corrected chi connectivity index (χ3v) is 11.6. The lowest BCUT2D eigenvalue weighted by Crippen LogP contribution is -2.68. The highest BCUT2D eigenvalue weighted by Gasteiger charge is 2.55. The molecule has 0 unspecified atom stereocenters. The van der Waals surface area contributed by atoms with Gasteiger partial charge in [-0.2, -0.15) is 0 Å². The Bertz CT molecular complexity index is 938. The summed E-state index contributed by atoms with van der Waals surface area (Å²) in [6.45, 7) is 10.9. The van der Waals surface area contributed by atoms with E-state index >= 15 is 0 Å². The van der Waals surface area contributed by atoms with Crippen LogP contribution in [0.15, 0.2) is 60.7 Å². The molecule has 0 aliphatic carbocycles. The normalized spacial score (nSPS) is 26.6. The quantitative estimate of drug-likeness (QED) is 0.612. The third kappa shape index (κ3) is 4.78. The van der Waals surface area contributed by atoms with Gasteiger partial charge in [0.25, 0.3) is 8.32 Å². The van der Waals surface area contributed by atoms with Gasteiger partial charge in [-0.25, -0.2) is 4.79 Å². The fourth-order valence-electron chi connectivity index (χ4n) is 5.23. The molecule has 1 amide bonds. The van der Waals surface area contributed by atoms with E-state index in [-0.39, 0.29) is 17.7 Å². The first-order valence-electron chi connectivity index (χ1n) is 11.8. The van der Waals surface area contributed by atoms with Crippen LogP contribution in [-0.4, -0.2) is 62.9 Å². The minimum Gasteiger partial charge on any atom is -0.465 e. The van der Waals surface area contributed by atoms with Crippen molar-refractivity contribution in [1.29, 1.82) is 0 Å². The highest BCUT2D eigenvalue weighted by molar-refractivity contribution is 6.99. The maximum atomic E-state index is 11.3. The molecule has 2 fully saturated rings. The van der Waals surface area contributed by atoms with Gasteiger partial charge in [-0.3, -0.25) is 0 Å². The molecular formula is C26H35NO6Si. The van der Waals surface area contributed by atoms with Crippen molar-refractivity contribution in [3.8, 4) is 0 Å². The molecule has 2 aliphatic heterocycles. The zero-order valence-electron chi connectivity index (χ0n) is 20.5. The molecule has 2 aromatic rings. The second-order valence-corrected chi connectivity index (χ2v) is 14.8. The highest BCUT2D eigenvalue weighted by atomic mass is 28.4. The minimum absolute atomic E-state index is 0.163. The lowest BCUT2D eigenvalue weighted by molar-refractivity contribution is -0.156. The molecule has 4 rings (SSSR count). The van der Waals surface area contributed by atoms with Gasteiger partial charge in [-0.05, 0) is 29.3 Å². The number of nitrogens with one attached hydrogen (secondary N) is 1. The number of amides is 1. The van der Waals surface area contributed by atoms with Gasteiger partial charge >= 0.3 is 6.09 Å². The summed E-state index contributed by atoms with van der Waals surface area (Å²) >= 11 is 0. The van der Waals surface area contributed by atoms with Crippen molar-refractivity contribution in [1.82, 2.24) is 5.32 Å². The Hall–Kier alpha value is -2.23. The van der Waals surface area contributed by atoms with E-state index in [1.54, 1.807) is 0 Å². The Labute approximate surface area is 202 Å². The summed E-state index contributed by atoms with van der Waals surface area (Å²) in [5.74, 6) is -0.836. The van der Waals surface area contributed by atoms with Crippen molar-refractivity contribution in [2.45, 2.75) is 69.8 Å². The molecule has 2 aromatic carbocycles. The number of rotatable bonds is 6. The average Bonchev–Trinajstić information content (AvgIpc) is 3.11. The van der Waals surface area contributed by atoms with Crippen LogP contribution in [0.4, 0.5) is 4.79 Å². The second-order valence-electron chi connectivity index (χ2n) is 10.5. The zero-order chi connectivity index (χ0) is 24.6. The smallest absolute Gasteiger partial charge is 0.405 e. The lowest BCUT2D eigenvalue weighted by atomic mass is 9.99. The SMILES string of the molecule is CC1(C)O[C@@H]2[C@H](O1)[C@@H](NC(=O)O)CO[C@@H]2CO[Si](c1ccccc1)(c1ccccc1)C(C)(C)C. The summed E-state index contributed by atoms with van der Waals surface area (Å²) in [5.41, 5.74) is 0. The summed E-state index contributed by atoms with van der Waals surface area (Å²) in [4.78, 5) is 11.3. The van der Waals surface area contributed by atoms with E-state index in [2.05, 4.69) is 74.6 Å². The van der Waals surface area contributed by atoms with Crippen molar-refractivity contribution in [2.75, 3.05) is 13.2 Å². The van der Waals surface area contributed by atoms with Crippen LogP contribution in [0.3, 0.4) is 0 Å². The molecule has 34 heavy (non-hydrogen) atoms. The minimum atomic E-state index is -2.74. The first-order chi connectivity index (χ1) is 16.0. The molecular weight excluding hydrogens is 450 g/mol. The lowest BCUT2D eigenvalue weighted by Gasteiger charge is -2.45. The van der Waals surface area contributed by atoms with Crippen molar-refractivity contribution in [3.05, 3.63) is 60.7 Å². The predicted octanol–water partition coefficient (Wildman–Crippen LogP) is 3.12. The van der Waals surface area contributed by atoms with Crippen LogP contribution in [0.25, 0.3) is 0 Å². The van der Waals surface area contributed by atoms with Gasteiger partial charge in [0, 0.05) is 0 Å². The van der Waals surface area contributed by atoms with E-state index < -0.39 is 38.4 Å². The molecule has 0 bridgehead atoms. The van der Waals surface area contributed by atoms with Crippen molar-refractivity contribution < 1.29 is 28.5 Å². The van der Waals surface area contributed by atoms with Gasteiger partial charge in [0.2, 0.25) is 0 Å². The Balaban J connectivity index is 1.66. The van der Waals surface area contributed by atoms with Gasteiger partial charge in [-0.1, -0.05) is 81.4 Å². The Morgan fingerprint density at radius 1 is 1.03 bits per heavy atom. The topological polar surface area (TPSA) is 86.3 Å². The predicted molar refractivity (Wildman–Crippen MR) is 132 cm³/mol. The molecule has 4 atom stereocenters. The number of hydrogen-bond acceptors (Lipinski definition) is 5. The fourth-order valence-corrected chi connectivity index (χ4v) is 9.80. The number of hydrogen-bond donors (Lipinski definition) is 2. The Morgan fingerprint density at radius 3 is 2.06 bits per heavy atom. The molecule has 0 radical (unpaired) electrons. The number of fused-ring (bicyclic) bond motifs is 1. The van der Waals surface area contributed by atoms with Crippen molar-refractivity contribution in [2.24, 2.45) is 0 Å². The van der Waals surface area contributed by atoms with Gasteiger partial charge < -0.3 is 29.1 Å². The van der Waals surface area contributed by atoms with Crippen LogP contribution in [0, 0.1) is 0 Å². The molecule has 0 spiro atoms. The highest BCUT2D eigenvalue weighted by Crippen LogP contribution is 2.39. The van der Waals surface area contributed by atoms with Crippen molar-refractivity contribution >= 4 is 24.8 Å². The molecule has 2 heterocycles. The van der Waals surface area contributed by atoms with Crippen LogP contribution < -0.4 is 15.7 Å². The molecule has 2 aliphatic rings. The number of ether oxygens (including phenoxy) is 3. The monoisotopic (exact) mass is 485 g/mol. The van der Waals surface area contributed by atoms with E-state index in [9.17, 15) is 9.90 Å². The molecule has 8 heteroatoms. The third-order valence-electron chi connectivity index (χ3n) is 6.61. The van der Waals surface area contributed by atoms with Gasteiger partial charge in [0.1, 0.15) is 18.3 Å². The fraction of sp³-hybridized carbons (Fsp3) is 0.500. The molecule has 2 saturated heterocycles. The van der Waals surface area contributed by atoms with Crippen molar-refractivity contribution in [3.63, 3.8) is 0 Å². The largest absolute Gasteiger partial charge is 0.465 e. The van der Waals surface area contributed by atoms with E-state index in [0.29, 0.717) is 6.61 Å². The Morgan fingerprint density at radius 2 is 1.56 bits per heavy atom. The number of carboxylic acid groups (broad SMARTS) is 1. The van der Waals surface area contributed by atoms with E-state index in [1.165, 1.54) is 10.4 Å². The Kier molecular flexibility index (Phi) is 6.90. The van der Waals surface area contributed by atoms with E-state index in [1.807, 2.05) is 26.0 Å². The number of benzene rings is 2. The molecule has 7 nitrogen and oxygen atoms in total. The van der Waals surface area contributed by atoms with E-state index in [4.69, 9.17) is 18.6 Å². The summed E-state index contributed by atoms with van der Waals surface area (Å²) < 4.78 is 25.5. The molecule has 0 saturated carbocycles. The average molecular weight is 486 g/mol. The van der Waals surface area contributed by atoms with Crippen LogP contribution in [0.1, 0.15) is 34.6 Å². The maximum absolute atomic E-state index is 11.3. The second kappa shape index (κ2) is 9.43. The first-order valence-corrected chi connectivity index (χ1v) is 13.7. The summed E-state index contributed by atoms with van der Waals surface area (Å²) in [7, 11) is -2.74. The number of carbonyl (C=O) groups is 1. The first kappa shape index (κ1) is 24.9. The molecule has 2 N–H and O–H groups in total. The summed E-state index contributed by atoms with van der Waals surface area (Å²) in [6, 6.07) is 20.4. The van der Waals surface area contributed by atoms with Crippen LogP contribution >= 0.6 is 0 Å². The van der Waals surface area contributed by atoms with Crippen LogP contribution in [-0.2, 0) is 18.6 Å². The molecule has 0 aromatic heterocycles. The summed E-state index contributed by atoms with van der Waals surface area (Å²) in [6.07, 6.45) is -2.39. The maximum Gasteiger partial charge on any atom is 0.405 e. The molecule has 184 valence electrons.